The van der Waals surface area contributed by atoms with Gasteiger partial charge in [0.05, 0.1) is 0 Å². The lowest BCUT2D eigenvalue weighted by atomic mass is 10.2. The van der Waals surface area contributed by atoms with Gasteiger partial charge in [-0.2, -0.15) is 0 Å². The predicted octanol–water partition coefficient (Wildman–Crippen LogP) is 3.58. The first-order chi connectivity index (χ1) is 9.11. The van der Waals surface area contributed by atoms with E-state index >= 15 is 0 Å². The molecule has 0 aliphatic heterocycles. The van der Waals surface area contributed by atoms with Crippen molar-refractivity contribution in [2.24, 2.45) is 0 Å². The van der Waals surface area contributed by atoms with Gasteiger partial charge in [-0.1, -0.05) is 48.0 Å². The first-order valence-corrected chi connectivity index (χ1v) is 7.58. The van der Waals surface area contributed by atoms with E-state index < -0.39 is 0 Å². The maximum atomic E-state index is 11.5. The zero-order valence-electron chi connectivity index (χ0n) is 10.3. The predicted molar refractivity (Wildman–Crippen MR) is 79.2 cm³/mol. The Morgan fingerprint density at radius 2 is 2.21 bits per heavy atom. The topological polar surface area (TPSA) is 50.7 Å². The van der Waals surface area contributed by atoms with E-state index in [0.29, 0.717) is 27.5 Å². The molecule has 4 nitrogen and oxygen atoms in total. The minimum atomic E-state index is -0.174. The minimum absolute atomic E-state index is 0.174. The van der Waals surface area contributed by atoms with Crippen molar-refractivity contribution in [3.8, 4) is 0 Å². The van der Waals surface area contributed by atoms with Crippen LogP contribution in [-0.2, 0) is 12.3 Å². The number of H-pyrrole nitrogens is 1. The smallest absolute Gasteiger partial charge is 0.270 e. The van der Waals surface area contributed by atoms with Crippen LogP contribution >= 0.6 is 35.0 Å². The first-order valence-electron chi connectivity index (χ1n) is 5.83. The van der Waals surface area contributed by atoms with Gasteiger partial charge < -0.3 is 0 Å². The summed E-state index contributed by atoms with van der Waals surface area (Å²) in [6, 6.07) is 5.39. The van der Waals surface area contributed by atoms with Crippen molar-refractivity contribution in [3.63, 3.8) is 0 Å². The van der Waals surface area contributed by atoms with Gasteiger partial charge in [0.25, 0.3) is 0 Å². The van der Waals surface area contributed by atoms with Crippen LogP contribution in [0.1, 0.15) is 18.9 Å². The summed E-state index contributed by atoms with van der Waals surface area (Å²) >= 11 is 13.4. The molecule has 2 rings (SSSR count). The lowest BCUT2D eigenvalue weighted by Crippen LogP contribution is -2.17. The quantitative estimate of drug-likeness (QED) is 0.857. The van der Waals surface area contributed by atoms with E-state index in [0.717, 1.165) is 12.0 Å². The third-order valence-corrected chi connectivity index (χ3v) is 4.15. The van der Waals surface area contributed by atoms with Crippen molar-refractivity contribution in [1.82, 2.24) is 14.8 Å². The molecule has 0 aliphatic rings. The summed E-state index contributed by atoms with van der Waals surface area (Å²) in [5.74, 6) is 0.643. The van der Waals surface area contributed by atoms with Gasteiger partial charge in [-0.15, -0.1) is 5.10 Å². The summed E-state index contributed by atoms with van der Waals surface area (Å²) in [6.45, 7) is 2.68. The maximum absolute atomic E-state index is 11.5. The Balaban J connectivity index is 2.12. The molecule has 0 bridgehead atoms. The molecule has 102 valence electrons. The van der Waals surface area contributed by atoms with Crippen molar-refractivity contribution in [3.05, 3.63) is 44.3 Å². The molecule has 0 saturated heterocycles. The Morgan fingerprint density at radius 1 is 1.42 bits per heavy atom. The van der Waals surface area contributed by atoms with Crippen molar-refractivity contribution in [1.29, 1.82) is 0 Å². The van der Waals surface area contributed by atoms with Crippen LogP contribution in [0, 0.1) is 0 Å². The standard InChI is InChI=1S/C12H13Cl2N3OS/c1-2-5-17-11(18)15-16-12(17)19-7-8-3-4-9(13)6-10(8)14/h3-4,6H,2,5,7H2,1H3,(H,15,18). The van der Waals surface area contributed by atoms with Gasteiger partial charge in [0.15, 0.2) is 5.16 Å². The van der Waals surface area contributed by atoms with Gasteiger partial charge in [0.1, 0.15) is 0 Å². The zero-order valence-corrected chi connectivity index (χ0v) is 12.6. The first kappa shape index (κ1) is 14.5. The summed E-state index contributed by atoms with van der Waals surface area (Å²) < 4.78 is 1.63. The Morgan fingerprint density at radius 3 is 2.89 bits per heavy atom. The highest BCUT2D eigenvalue weighted by molar-refractivity contribution is 7.98. The van der Waals surface area contributed by atoms with Gasteiger partial charge in [0, 0.05) is 22.3 Å². The van der Waals surface area contributed by atoms with Crippen LogP contribution in [0.25, 0.3) is 0 Å². The Bertz CT molecular complexity index is 624. The van der Waals surface area contributed by atoms with E-state index in [2.05, 4.69) is 10.2 Å². The second kappa shape index (κ2) is 6.50. The number of aromatic nitrogens is 3. The normalized spacial score (nSPS) is 10.9. The monoisotopic (exact) mass is 317 g/mol. The molecule has 0 radical (unpaired) electrons. The molecule has 1 aromatic carbocycles. The molecule has 0 aliphatic carbocycles. The fourth-order valence-corrected chi connectivity index (χ4v) is 3.15. The van der Waals surface area contributed by atoms with Crippen LogP contribution in [0.4, 0.5) is 0 Å². The van der Waals surface area contributed by atoms with Gasteiger partial charge in [-0.25, -0.2) is 9.89 Å². The number of rotatable bonds is 5. The number of benzene rings is 1. The molecule has 2 aromatic rings. The molecule has 0 atom stereocenters. The molecule has 1 heterocycles. The molecule has 0 unspecified atom stereocenters. The fraction of sp³-hybridized carbons (Fsp3) is 0.333. The van der Waals surface area contributed by atoms with E-state index in [1.165, 1.54) is 11.8 Å². The Hall–Kier alpha value is -0.910. The number of thioether (sulfide) groups is 1. The number of nitrogens with one attached hydrogen (secondary N) is 1. The highest BCUT2D eigenvalue weighted by Gasteiger charge is 2.09. The average molecular weight is 318 g/mol. The molecule has 1 N–H and O–H groups in total. The SMILES string of the molecule is CCCn1c(SCc2ccc(Cl)cc2Cl)n[nH]c1=O. The van der Waals surface area contributed by atoms with Crippen LogP contribution in [0.3, 0.4) is 0 Å². The molecule has 0 amide bonds. The summed E-state index contributed by atoms with van der Waals surface area (Å²) in [6.07, 6.45) is 0.884. The largest absolute Gasteiger partial charge is 0.343 e. The average Bonchev–Trinajstić information content (AvgIpc) is 2.71. The summed E-state index contributed by atoms with van der Waals surface area (Å²) in [5.41, 5.74) is 0.793. The number of halogens is 2. The van der Waals surface area contributed by atoms with Crippen LogP contribution in [0.2, 0.25) is 10.0 Å². The Labute approximate surface area is 125 Å². The lowest BCUT2D eigenvalue weighted by molar-refractivity contribution is 0.604. The van der Waals surface area contributed by atoms with Crippen molar-refractivity contribution in [2.45, 2.75) is 30.8 Å². The highest BCUT2D eigenvalue weighted by Crippen LogP contribution is 2.27. The van der Waals surface area contributed by atoms with Crippen molar-refractivity contribution < 1.29 is 0 Å². The molecule has 19 heavy (non-hydrogen) atoms. The zero-order chi connectivity index (χ0) is 13.8. The van der Waals surface area contributed by atoms with E-state index in [9.17, 15) is 4.79 Å². The lowest BCUT2D eigenvalue weighted by Gasteiger charge is -2.05. The van der Waals surface area contributed by atoms with Gasteiger partial charge in [0.2, 0.25) is 0 Å². The van der Waals surface area contributed by atoms with Crippen molar-refractivity contribution in [2.75, 3.05) is 0 Å². The molecular weight excluding hydrogens is 305 g/mol. The molecule has 0 fully saturated rings. The number of aromatic amines is 1. The summed E-state index contributed by atoms with van der Waals surface area (Å²) in [4.78, 5) is 11.5. The van der Waals surface area contributed by atoms with E-state index in [-0.39, 0.29) is 5.69 Å². The van der Waals surface area contributed by atoms with Gasteiger partial charge in [-0.3, -0.25) is 4.57 Å². The summed E-state index contributed by atoms with van der Waals surface area (Å²) in [5, 5.41) is 8.40. The van der Waals surface area contributed by atoms with E-state index in [4.69, 9.17) is 23.2 Å². The number of hydrogen-bond donors (Lipinski definition) is 1. The summed E-state index contributed by atoms with van der Waals surface area (Å²) in [7, 11) is 0. The number of hydrogen-bond acceptors (Lipinski definition) is 3. The molecule has 1 aromatic heterocycles. The molecule has 7 heteroatoms. The van der Waals surface area contributed by atoms with Crippen LogP contribution in [0.5, 0.6) is 0 Å². The maximum Gasteiger partial charge on any atom is 0.343 e. The fourth-order valence-electron chi connectivity index (χ4n) is 1.62. The van der Waals surface area contributed by atoms with Gasteiger partial charge >= 0.3 is 5.69 Å². The van der Waals surface area contributed by atoms with Crippen LogP contribution in [0.15, 0.2) is 28.2 Å². The third-order valence-electron chi connectivity index (χ3n) is 2.54. The third kappa shape index (κ3) is 3.55. The van der Waals surface area contributed by atoms with E-state index in [1.54, 1.807) is 16.7 Å². The second-order valence-corrected chi connectivity index (χ2v) is 5.77. The highest BCUT2D eigenvalue weighted by atomic mass is 35.5. The van der Waals surface area contributed by atoms with Crippen molar-refractivity contribution >= 4 is 35.0 Å². The molecular formula is C12H13Cl2N3OS. The molecule has 0 saturated carbocycles. The minimum Gasteiger partial charge on any atom is -0.270 e. The Kier molecular flexibility index (Phi) is 4.96. The van der Waals surface area contributed by atoms with E-state index in [1.807, 2.05) is 13.0 Å². The second-order valence-electron chi connectivity index (χ2n) is 3.99. The number of nitrogens with zero attached hydrogens (tertiary/aromatic N) is 2. The van der Waals surface area contributed by atoms with Crippen LogP contribution in [-0.4, -0.2) is 14.8 Å². The van der Waals surface area contributed by atoms with Crippen LogP contribution < -0.4 is 5.69 Å². The van der Waals surface area contributed by atoms with Gasteiger partial charge in [-0.05, 0) is 24.1 Å². The molecule has 0 spiro atoms.